The van der Waals surface area contributed by atoms with E-state index >= 15 is 0 Å². The van der Waals surface area contributed by atoms with Crippen LogP contribution in [0.25, 0.3) is 0 Å². The first-order valence-corrected chi connectivity index (χ1v) is 5.25. The number of aromatic nitrogens is 2. The monoisotopic (exact) mass is 225 g/mol. The maximum Gasteiger partial charge on any atom is 0.331 e. The molecule has 0 bridgehead atoms. The highest BCUT2D eigenvalue weighted by atomic mass is 16.6. The Morgan fingerprint density at radius 2 is 2.12 bits per heavy atom. The second-order valence-corrected chi connectivity index (χ2v) is 4.86. The molecule has 16 heavy (non-hydrogen) atoms. The Labute approximate surface area is 95.6 Å². The van der Waals surface area contributed by atoms with Crippen molar-refractivity contribution in [3.63, 3.8) is 0 Å². The minimum atomic E-state index is -0.488. The van der Waals surface area contributed by atoms with Crippen LogP contribution in [0.15, 0.2) is 6.07 Å². The summed E-state index contributed by atoms with van der Waals surface area (Å²) in [6.45, 7) is 9.10. The van der Waals surface area contributed by atoms with Crippen molar-refractivity contribution < 1.29 is 9.53 Å². The van der Waals surface area contributed by atoms with E-state index in [-0.39, 0.29) is 5.97 Å². The lowest BCUT2D eigenvalue weighted by atomic mass is 10.2. The van der Waals surface area contributed by atoms with Crippen molar-refractivity contribution in [2.45, 2.75) is 46.3 Å². The summed E-state index contributed by atoms with van der Waals surface area (Å²) in [5, 5.41) is 4.05. The van der Waals surface area contributed by atoms with Crippen molar-refractivity contribution in [1.29, 1.82) is 0 Å². The number of carbonyl (C=O) groups is 1. The minimum Gasteiger partial charge on any atom is -0.458 e. The predicted molar refractivity (Wildman–Crippen MR) is 61.9 cm³/mol. The van der Waals surface area contributed by atoms with Gasteiger partial charge in [-0.05, 0) is 34.6 Å². The SMILES string of the molecule is Cc1cc(N)nn1C(C)C(=O)OC(C)(C)C. The Bertz CT molecular complexity index is 390. The Morgan fingerprint density at radius 3 is 2.50 bits per heavy atom. The molecule has 1 heterocycles. The van der Waals surface area contributed by atoms with Gasteiger partial charge in [-0.1, -0.05) is 0 Å². The van der Waals surface area contributed by atoms with E-state index in [9.17, 15) is 4.79 Å². The average Bonchev–Trinajstić information content (AvgIpc) is 2.41. The quantitative estimate of drug-likeness (QED) is 0.777. The third-order valence-corrected chi connectivity index (χ3v) is 2.06. The molecule has 0 radical (unpaired) electrons. The number of anilines is 1. The van der Waals surface area contributed by atoms with Gasteiger partial charge in [0.2, 0.25) is 0 Å². The number of rotatable bonds is 2. The van der Waals surface area contributed by atoms with Crippen LogP contribution in [0.2, 0.25) is 0 Å². The number of hydrogen-bond acceptors (Lipinski definition) is 4. The maximum absolute atomic E-state index is 11.8. The van der Waals surface area contributed by atoms with Crippen molar-refractivity contribution in [3.05, 3.63) is 11.8 Å². The van der Waals surface area contributed by atoms with E-state index in [1.54, 1.807) is 17.7 Å². The summed E-state index contributed by atoms with van der Waals surface area (Å²) in [7, 11) is 0. The molecule has 2 N–H and O–H groups in total. The number of ether oxygens (including phenoxy) is 1. The van der Waals surface area contributed by atoms with Crippen molar-refractivity contribution in [3.8, 4) is 0 Å². The fourth-order valence-electron chi connectivity index (χ4n) is 1.39. The highest BCUT2D eigenvalue weighted by Gasteiger charge is 2.24. The topological polar surface area (TPSA) is 70.1 Å². The molecule has 1 unspecified atom stereocenters. The molecule has 0 spiro atoms. The van der Waals surface area contributed by atoms with Crippen LogP contribution in [0.5, 0.6) is 0 Å². The molecule has 90 valence electrons. The Morgan fingerprint density at radius 1 is 1.56 bits per heavy atom. The van der Waals surface area contributed by atoms with Gasteiger partial charge in [-0.25, -0.2) is 4.79 Å². The highest BCUT2D eigenvalue weighted by molar-refractivity contribution is 5.74. The summed E-state index contributed by atoms with van der Waals surface area (Å²) in [5.41, 5.74) is 5.92. The fraction of sp³-hybridized carbons (Fsp3) is 0.636. The van der Waals surface area contributed by atoms with Crippen LogP contribution in [0.3, 0.4) is 0 Å². The zero-order valence-electron chi connectivity index (χ0n) is 10.4. The normalized spacial score (nSPS) is 13.6. The summed E-state index contributed by atoms with van der Waals surface area (Å²) in [4.78, 5) is 11.8. The van der Waals surface area contributed by atoms with Crippen LogP contribution >= 0.6 is 0 Å². The van der Waals surface area contributed by atoms with Crippen LogP contribution in [-0.4, -0.2) is 21.4 Å². The van der Waals surface area contributed by atoms with E-state index in [2.05, 4.69) is 5.10 Å². The number of nitrogens with two attached hydrogens (primary N) is 1. The summed E-state index contributed by atoms with van der Waals surface area (Å²) in [6, 6.07) is 1.26. The minimum absolute atomic E-state index is 0.307. The molecule has 0 fully saturated rings. The molecule has 1 aromatic heterocycles. The van der Waals surface area contributed by atoms with E-state index in [0.29, 0.717) is 5.82 Å². The lowest BCUT2D eigenvalue weighted by molar-refractivity contribution is -0.158. The van der Waals surface area contributed by atoms with Crippen molar-refractivity contribution in [2.24, 2.45) is 0 Å². The first-order valence-electron chi connectivity index (χ1n) is 5.25. The Kier molecular flexibility index (Phi) is 3.26. The van der Waals surface area contributed by atoms with E-state index in [4.69, 9.17) is 10.5 Å². The van der Waals surface area contributed by atoms with E-state index in [0.717, 1.165) is 5.69 Å². The average molecular weight is 225 g/mol. The molecule has 0 aromatic carbocycles. The first-order chi connectivity index (χ1) is 7.20. The molecule has 0 saturated carbocycles. The Balaban J connectivity index is 2.82. The smallest absolute Gasteiger partial charge is 0.331 e. The molecule has 1 aromatic rings. The van der Waals surface area contributed by atoms with Gasteiger partial charge < -0.3 is 10.5 Å². The molecule has 0 aliphatic carbocycles. The fourth-order valence-corrected chi connectivity index (χ4v) is 1.39. The lowest BCUT2D eigenvalue weighted by Gasteiger charge is -2.22. The van der Waals surface area contributed by atoms with Crippen LogP contribution < -0.4 is 5.73 Å². The van der Waals surface area contributed by atoms with Crippen LogP contribution in [0.4, 0.5) is 5.82 Å². The number of nitrogens with zero attached hydrogens (tertiary/aromatic N) is 2. The predicted octanol–water partition coefficient (Wildman–Crippen LogP) is 1.68. The van der Waals surface area contributed by atoms with Gasteiger partial charge in [0, 0.05) is 11.8 Å². The van der Waals surface area contributed by atoms with Crippen LogP contribution in [0, 0.1) is 6.92 Å². The first kappa shape index (κ1) is 12.5. The molecule has 0 aliphatic rings. The molecule has 0 aliphatic heterocycles. The molecule has 5 heteroatoms. The molecule has 0 amide bonds. The van der Waals surface area contributed by atoms with Crippen molar-refractivity contribution in [1.82, 2.24) is 9.78 Å². The summed E-state index contributed by atoms with van der Waals surface area (Å²) in [6.07, 6.45) is 0. The molecule has 1 atom stereocenters. The van der Waals surface area contributed by atoms with Gasteiger partial charge in [-0.15, -0.1) is 0 Å². The van der Waals surface area contributed by atoms with Crippen molar-refractivity contribution >= 4 is 11.8 Å². The van der Waals surface area contributed by atoms with Gasteiger partial charge in [0.05, 0.1) is 0 Å². The maximum atomic E-state index is 11.8. The third-order valence-electron chi connectivity index (χ3n) is 2.06. The van der Waals surface area contributed by atoms with Gasteiger partial charge in [0.1, 0.15) is 17.5 Å². The second kappa shape index (κ2) is 4.15. The van der Waals surface area contributed by atoms with Gasteiger partial charge in [-0.2, -0.15) is 5.10 Å². The van der Waals surface area contributed by atoms with E-state index in [1.165, 1.54) is 0 Å². The third kappa shape index (κ3) is 2.98. The highest BCUT2D eigenvalue weighted by Crippen LogP contribution is 2.17. The number of hydrogen-bond donors (Lipinski definition) is 1. The summed E-state index contributed by atoms with van der Waals surface area (Å²) in [5.74, 6) is 0.103. The van der Waals surface area contributed by atoms with Gasteiger partial charge in [0.15, 0.2) is 0 Å². The summed E-state index contributed by atoms with van der Waals surface area (Å²) < 4.78 is 6.85. The molecule has 0 saturated heterocycles. The standard InChI is InChI=1S/C11H19N3O2/c1-7-6-9(12)13-14(7)8(2)10(15)16-11(3,4)5/h6,8H,1-5H3,(H2,12,13). The van der Waals surface area contributed by atoms with Crippen LogP contribution in [0.1, 0.15) is 39.4 Å². The molecule has 5 nitrogen and oxygen atoms in total. The van der Waals surface area contributed by atoms with E-state index in [1.807, 2.05) is 27.7 Å². The van der Waals surface area contributed by atoms with Gasteiger partial charge in [0.25, 0.3) is 0 Å². The Hall–Kier alpha value is -1.52. The lowest BCUT2D eigenvalue weighted by Crippen LogP contribution is -2.29. The van der Waals surface area contributed by atoms with Crippen LogP contribution in [-0.2, 0) is 9.53 Å². The molecule has 1 rings (SSSR count). The second-order valence-electron chi connectivity index (χ2n) is 4.86. The number of esters is 1. The largest absolute Gasteiger partial charge is 0.458 e. The number of nitrogen functional groups attached to an aromatic ring is 1. The number of aryl methyl sites for hydroxylation is 1. The zero-order chi connectivity index (χ0) is 12.5. The molecular formula is C11H19N3O2. The summed E-state index contributed by atoms with van der Waals surface area (Å²) >= 11 is 0. The van der Waals surface area contributed by atoms with E-state index < -0.39 is 11.6 Å². The van der Waals surface area contributed by atoms with Crippen molar-refractivity contribution in [2.75, 3.05) is 5.73 Å². The number of carbonyl (C=O) groups excluding carboxylic acids is 1. The molecular weight excluding hydrogens is 206 g/mol. The van der Waals surface area contributed by atoms with Gasteiger partial charge in [-0.3, -0.25) is 4.68 Å². The van der Waals surface area contributed by atoms with Gasteiger partial charge >= 0.3 is 5.97 Å². The zero-order valence-corrected chi connectivity index (χ0v) is 10.4.